The van der Waals surface area contributed by atoms with Gasteiger partial charge in [0.1, 0.15) is 6.54 Å². The summed E-state index contributed by atoms with van der Waals surface area (Å²) in [5, 5.41) is 3.90. The highest BCUT2D eigenvalue weighted by molar-refractivity contribution is 6.30. The Bertz CT molecular complexity index is 542. The average molecular weight is 344 g/mol. The number of aryl methyl sites for hydroxylation is 1. The summed E-state index contributed by atoms with van der Waals surface area (Å²) >= 11 is 6.02. The Morgan fingerprint density at radius 3 is 2.65 bits per heavy atom. The molecular weight excluding hydrogens is 318 g/mol. The molecule has 0 bridgehead atoms. The van der Waals surface area contributed by atoms with Crippen LogP contribution in [-0.4, -0.2) is 74.2 Å². The lowest BCUT2D eigenvalue weighted by Crippen LogP contribution is -2.41. The highest BCUT2D eigenvalue weighted by Crippen LogP contribution is 2.14. The van der Waals surface area contributed by atoms with Crippen LogP contribution in [0, 0.1) is 0 Å². The van der Waals surface area contributed by atoms with Gasteiger partial charge >= 0.3 is 0 Å². The summed E-state index contributed by atoms with van der Waals surface area (Å²) in [5.41, 5.74) is 1.05. The van der Waals surface area contributed by atoms with E-state index in [1.807, 2.05) is 35.8 Å². The number of aliphatic imine (C=N–C) groups is 1. The highest BCUT2D eigenvalue weighted by atomic mass is 35.5. The molecule has 1 aromatic heterocycles. The first kappa shape index (κ1) is 19.3. The second kappa shape index (κ2) is 9.42. The number of carbonyl (C=O) groups is 1. The number of ether oxygens (including phenoxy) is 1. The summed E-state index contributed by atoms with van der Waals surface area (Å²) in [6.07, 6.45) is 1.86. The lowest BCUT2D eigenvalue weighted by molar-refractivity contribution is -0.127. The zero-order valence-electron chi connectivity index (χ0n) is 14.5. The van der Waals surface area contributed by atoms with E-state index in [1.165, 1.54) is 4.90 Å². The van der Waals surface area contributed by atoms with E-state index in [0.717, 1.165) is 5.69 Å². The summed E-state index contributed by atoms with van der Waals surface area (Å²) in [7, 11) is 8.93. The monoisotopic (exact) mass is 343 g/mol. The smallest absolute Gasteiger partial charge is 0.243 e. The van der Waals surface area contributed by atoms with Crippen LogP contribution < -0.4 is 5.32 Å². The van der Waals surface area contributed by atoms with Crippen LogP contribution in [0.4, 0.5) is 0 Å². The van der Waals surface area contributed by atoms with Crippen molar-refractivity contribution >= 4 is 23.5 Å². The van der Waals surface area contributed by atoms with Crippen LogP contribution in [0.15, 0.2) is 17.3 Å². The molecule has 1 amide bonds. The Hall–Kier alpha value is -1.73. The average Bonchev–Trinajstić information content (AvgIpc) is 2.79. The zero-order valence-corrected chi connectivity index (χ0v) is 15.2. The van der Waals surface area contributed by atoms with Gasteiger partial charge in [-0.15, -0.1) is 0 Å². The Morgan fingerprint density at radius 2 is 2.13 bits per heavy atom. The number of nitrogens with zero attached hydrogens (tertiary/aromatic N) is 4. The number of nitrogens with one attached hydrogen (secondary N) is 1. The number of methoxy groups -OCH3 is 1. The van der Waals surface area contributed by atoms with E-state index in [4.69, 9.17) is 16.3 Å². The van der Waals surface area contributed by atoms with Gasteiger partial charge in [-0.1, -0.05) is 11.6 Å². The molecule has 0 saturated carbocycles. The van der Waals surface area contributed by atoms with Crippen LogP contribution in [-0.2, 0) is 23.1 Å². The first-order valence-corrected chi connectivity index (χ1v) is 7.72. The lowest BCUT2D eigenvalue weighted by atomic mass is 10.4. The van der Waals surface area contributed by atoms with Crippen LogP contribution in [0.1, 0.15) is 5.69 Å². The molecule has 1 N–H and O–H groups in total. The maximum atomic E-state index is 11.7. The first-order chi connectivity index (χ1) is 10.8. The van der Waals surface area contributed by atoms with Crippen LogP contribution in [0.5, 0.6) is 0 Å². The molecule has 1 aromatic rings. The van der Waals surface area contributed by atoms with E-state index < -0.39 is 0 Å². The molecule has 0 aliphatic rings. The van der Waals surface area contributed by atoms with Crippen molar-refractivity contribution in [2.24, 2.45) is 12.0 Å². The Kier molecular flexibility index (Phi) is 7.91. The van der Waals surface area contributed by atoms with Crippen molar-refractivity contribution in [1.82, 2.24) is 19.7 Å². The first-order valence-electron chi connectivity index (χ1n) is 7.34. The summed E-state index contributed by atoms with van der Waals surface area (Å²) in [6.45, 7) is 1.90. The third kappa shape index (κ3) is 6.50. The molecule has 23 heavy (non-hydrogen) atoms. The fraction of sp³-hybridized carbons (Fsp3) is 0.600. The minimum absolute atomic E-state index is 0.0497. The van der Waals surface area contributed by atoms with Gasteiger partial charge in [0.05, 0.1) is 18.2 Å². The summed E-state index contributed by atoms with van der Waals surface area (Å²) in [5.74, 6) is 0.598. The minimum atomic E-state index is -0.0497. The predicted molar refractivity (Wildman–Crippen MR) is 92.8 cm³/mol. The van der Waals surface area contributed by atoms with Crippen LogP contribution in [0.3, 0.4) is 0 Å². The molecule has 1 heterocycles. The van der Waals surface area contributed by atoms with Crippen LogP contribution in [0.25, 0.3) is 0 Å². The van der Waals surface area contributed by atoms with Gasteiger partial charge in [0, 0.05) is 53.7 Å². The maximum absolute atomic E-state index is 11.7. The van der Waals surface area contributed by atoms with Crippen molar-refractivity contribution in [2.45, 2.75) is 6.54 Å². The number of aromatic nitrogens is 1. The molecule has 0 aliphatic heterocycles. The van der Waals surface area contributed by atoms with Gasteiger partial charge in [-0.2, -0.15) is 0 Å². The van der Waals surface area contributed by atoms with E-state index in [1.54, 1.807) is 21.2 Å². The molecule has 0 atom stereocenters. The van der Waals surface area contributed by atoms with Gasteiger partial charge in [-0.25, -0.2) is 4.99 Å². The van der Waals surface area contributed by atoms with Crippen molar-refractivity contribution in [1.29, 1.82) is 0 Å². The lowest BCUT2D eigenvalue weighted by Gasteiger charge is -2.23. The van der Waals surface area contributed by atoms with Gasteiger partial charge in [0.2, 0.25) is 5.91 Å². The third-order valence-electron chi connectivity index (χ3n) is 3.29. The van der Waals surface area contributed by atoms with Crippen molar-refractivity contribution in [3.8, 4) is 0 Å². The van der Waals surface area contributed by atoms with E-state index in [9.17, 15) is 4.79 Å². The molecule has 0 aromatic carbocycles. The molecule has 7 nitrogen and oxygen atoms in total. The molecule has 0 spiro atoms. The highest BCUT2D eigenvalue weighted by Gasteiger charge is 2.11. The maximum Gasteiger partial charge on any atom is 0.243 e. The van der Waals surface area contributed by atoms with Crippen molar-refractivity contribution in [3.63, 3.8) is 0 Å². The quantitative estimate of drug-likeness (QED) is 0.452. The Morgan fingerprint density at radius 1 is 1.43 bits per heavy atom. The standard InChI is InChI=1S/C15H26ClN5O2/c1-19(2)14(22)9-18-15(17-6-7-23-5)21(4)11-13-8-12(16)10-20(13)3/h8,10H,6-7,9,11H2,1-5H3,(H,17,18). The van der Waals surface area contributed by atoms with E-state index in [0.29, 0.717) is 30.7 Å². The summed E-state index contributed by atoms with van der Waals surface area (Å²) < 4.78 is 7.01. The topological polar surface area (TPSA) is 62.1 Å². The normalized spacial score (nSPS) is 11.5. The van der Waals surface area contributed by atoms with E-state index >= 15 is 0 Å². The zero-order chi connectivity index (χ0) is 17.4. The molecule has 1 rings (SSSR count). The van der Waals surface area contributed by atoms with Gasteiger partial charge in [-0.3, -0.25) is 4.79 Å². The summed E-state index contributed by atoms with van der Waals surface area (Å²) in [4.78, 5) is 19.6. The van der Waals surface area contributed by atoms with E-state index in [-0.39, 0.29) is 12.5 Å². The van der Waals surface area contributed by atoms with Gasteiger partial charge in [0.15, 0.2) is 5.96 Å². The largest absolute Gasteiger partial charge is 0.383 e. The molecular formula is C15H26ClN5O2. The van der Waals surface area contributed by atoms with Gasteiger partial charge in [0.25, 0.3) is 0 Å². The molecule has 0 saturated heterocycles. The third-order valence-corrected chi connectivity index (χ3v) is 3.49. The minimum Gasteiger partial charge on any atom is -0.383 e. The fourth-order valence-corrected chi connectivity index (χ4v) is 2.17. The van der Waals surface area contributed by atoms with Crippen molar-refractivity contribution in [3.05, 3.63) is 23.0 Å². The molecule has 8 heteroatoms. The molecule has 0 aliphatic carbocycles. The number of likely N-dealkylation sites (N-methyl/N-ethyl adjacent to an activating group) is 1. The molecule has 0 radical (unpaired) electrons. The molecule has 0 unspecified atom stereocenters. The second-order valence-electron chi connectivity index (χ2n) is 5.46. The number of carbonyl (C=O) groups excluding carboxylic acids is 1. The number of rotatable bonds is 7. The molecule has 0 fully saturated rings. The number of hydrogen-bond acceptors (Lipinski definition) is 3. The predicted octanol–water partition coefficient (Wildman–Crippen LogP) is 0.791. The van der Waals surface area contributed by atoms with Gasteiger partial charge < -0.3 is 24.4 Å². The van der Waals surface area contributed by atoms with Crippen LogP contribution in [0.2, 0.25) is 5.02 Å². The SMILES string of the molecule is COCCNC(=NCC(=O)N(C)C)N(C)Cc1cc(Cl)cn1C. The molecule has 130 valence electrons. The number of guanidine groups is 1. The summed E-state index contributed by atoms with van der Waals surface area (Å²) in [6, 6.07) is 1.91. The van der Waals surface area contributed by atoms with E-state index in [2.05, 4.69) is 10.3 Å². The number of halogens is 1. The Balaban J connectivity index is 2.78. The van der Waals surface area contributed by atoms with Crippen molar-refractivity contribution in [2.75, 3.05) is 47.9 Å². The fourth-order valence-electron chi connectivity index (χ4n) is 1.90. The van der Waals surface area contributed by atoms with Crippen molar-refractivity contribution < 1.29 is 9.53 Å². The second-order valence-corrected chi connectivity index (χ2v) is 5.90. The van der Waals surface area contributed by atoms with Gasteiger partial charge in [-0.05, 0) is 6.07 Å². The number of amides is 1. The number of hydrogen-bond donors (Lipinski definition) is 1. The Labute approximate surface area is 142 Å². The van der Waals surface area contributed by atoms with Crippen LogP contribution >= 0.6 is 11.6 Å².